The molecule has 0 spiro atoms. The van der Waals surface area contributed by atoms with E-state index in [9.17, 15) is 0 Å². The van der Waals surface area contributed by atoms with Crippen LogP contribution >= 0.6 is 0 Å². The van der Waals surface area contributed by atoms with Gasteiger partial charge in [0.05, 0.1) is 7.05 Å². The Bertz CT molecular complexity index is 185. The van der Waals surface area contributed by atoms with Gasteiger partial charge in [0, 0.05) is 5.57 Å². The Kier molecular flexibility index (Phi) is 4.17. The Hall–Kier alpha value is -1.13. The average molecular weight is 156 g/mol. The highest BCUT2D eigenvalue weighted by Crippen LogP contribution is 1.99. The zero-order valence-electron chi connectivity index (χ0n) is 6.66. The molecule has 0 fully saturated rings. The minimum atomic E-state index is -0.132. The van der Waals surface area contributed by atoms with Gasteiger partial charge in [-0.1, -0.05) is 18.7 Å². The molecule has 62 valence electrons. The lowest BCUT2D eigenvalue weighted by atomic mass is 10.2. The molecular weight excluding hydrogens is 144 g/mol. The van der Waals surface area contributed by atoms with Crippen molar-refractivity contribution < 1.29 is 10.0 Å². The lowest BCUT2D eigenvalue weighted by molar-refractivity contribution is -0.273. The predicted molar refractivity (Wildman–Crippen MR) is 42.3 cm³/mol. The van der Waals surface area contributed by atoms with Crippen LogP contribution in [0.2, 0.25) is 0 Å². The second kappa shape index (κ2) is 4.65. The van der Waals surface area contributed by atoms with Gasteiger partial charge in [-0.3, -0.25) is 10.6 Å². The lowest BCUT2D eigenvalue weighted by Gasteiger charge is -2.10. The Balaban J connectivity index is 4.12. The molecule has 0 saturated heterocycles. The first-order valence-electron chi connectivity index (χ1n) is 3.10. The Morgan fingerprint density at radius 2 is 2.27 bits per heavy atom. The molecule has 4 nitrogen and oxygen atoms in total. The SMILES string of the molecule is C=C/C(=C\C)C(=N)ON(C)O. The summed E-state index contributed by atoms with van der Waals surface area (Å²) in [4.78, 5) is 4.53. The number of hydroxylamine groups is 2. The van der Waals surface area contributed by atoms with Crippen LogP contribution in [0.1, 0.15) is 6.92 Å². The topological polar surface area (TPSA) is 56.5 Å². The van der Waals surface area contributed by atoms with Crippen molar-refractivity contribution in [2.24, 2.45) is 0 Å². The molecule has 0 aliphatic heterocycles. The van der Waals surface area contributed by atoms with Gasteiger partial charge >= 0.3 is 0 Å². The van der Waals surface area contributed by atoms with Crippen LogP contribution in [0.3, 0.4) is 0 Å². The first-order chi connectivity index (χ1) is 5.11. The minimum absolute atomic E-state index is 0.132. The summed E-state index contributed by atoms with van der Waals surface area (Å²) in [5.74, 6) is -0.132. The van der Waals surface area contributed by atoms with E-state index in [1.165, 1.54) is 13.1 Å². The first kappa shape index (κ1) is 9.87. The molecule has 0 amide bonds. The number of hydrogen-bond donors (Lipinski definition) is 2. The molecule has 2 N–H and O–H groups in total. The van der Waals surface area contributed by atoms with Gasteiger partial charge in [-0.2, -0.15) is 0 Å². The van der Waals surface area contributed by atoms with Crippen LogP contribution in [0.25, 0.3) is 0 Å². The largest absolute Gasteiger partial charge is 0.361 e. The summed E-state index contributed by atoms with van der Waals surface area (Å²) in [7, 11) is 1.28. The fraction of sp³-hybridized carbons (Fsp3) is 0.286. The predicted octanol–water partition coefficient (Wildman–Crippen LogP) is 1.35. The molecule has 0 aliphatic carbocycles. The number of rotatable bonds is 3. The number of nitrogens with one attached hydrogen (secondary N) is 1. The van der Waals surface area contributed by atoms with Crippen molar-refractivity contribution in [1.82, 2.24) is 5.23 Å². The summed E-state index contributed by atoms with van der Waals surface area (Å²) in [5.41, 5.74) is 0.533. The maximum atomic E-state index is 8.57. The maximum absolute atomic E-state index is 8.57. The average Bonchev–Trinajstić information content (AvgIpc) is 1.88. The summed E-state index contributed by atoms with van der Waals surface area (Å²) < 4.78 is 0. The molecule has 0 aliphatic rings. The van der Waals surface area contributed by atoms with E-state index in [0.29, 0.717) is 10.8 Å². The molecule has 0 aromatic carbocycles. The molecule has 0 saturated carbocycles. The number of nitrogens with zero attached hydrogens (tertiary/aromatic N) is 1. The van der Waals surface area contributed by atoms with Gasteiger partial charge in [0.1, 0.15) is 0 Å². The van der Waals surface area contributed by atoms with Crippen LogP contribution in [-0.2, 0) is 4.84 Å². The zero-order valence-corrected chi connectivity index (χ0v) is 6.66. The normalized spacial score (nSPS) is 11.5. The van der Waals surface area contributed by atoms with E-state index >= 15 is 0 Å². The second-order valence-electron chi connectivity index (χ2n) is 1.83. The molecule has 4 heteroatoms. The van der Waals surface area contributed by atoms with Crippen molar-refractivity contribution in [3.05, 3.63) is 24.3 Å². The standard InChI is InChI=1S/C7H12N2O2/c1-4-6(5-2)7(8)11-9(3)10/h4-5,8,10H,1H2,2-3H3/b6-5+,8-7?. The summed E-state index contributed by atoms with van der Waals surface area (Å²) in [5, 5.41) is 16.3. The van der Waals surface area contributed by atoms with Crippen LogP contribution in [-0.4, -0.2) is 23.4 Å². The van der Waals surface area contributed by atoms with Crippen molar-refractivity contribution >= 4 is 5.90 Å². The molecule has 0 radical (unpaired) electrons. The molecule has 0 bridgehead atoms. The van der Waals surface area contributed by atoms with Gasteiger partial charge in [-0.25, -0.2) is 0 Å². The van der Waals surface area contributed by atoms with Gasteiger partial charge in [0.15, 0.2) is 0 Å². The smallest absolute Gasteiger partial charge is 0.240 e. The molecule has 0 aromatic heterocycles. The quantitative estimate of drug-likeness (QED) is 0.280. The van der Waals surface area contributed by atoms with Crippen molar-refractivity contribution in [2.45, 2.75) is 6.92 Å². The van der Waals surface area contributed by atoms with E-state index in [4.69, 9.17) is 10.6 Å². The van der Waals surface area contributed by atoms with Crippen LogP contribution in [0.4, 0.5) is 0 Å². The van der Waals surface area contributed by atoms with Crippen molar-refractivity contribution in [1.29, 1.82) is 5.41 Å². The van der Waals surface area contributed by atoms with Crippen molar-refractivity contribution in [3.8, 4) is 0 Å². The van der Waals surface area contributed by atoms with Crippen molar-refractivity contribution in [3.63, 3.8) is 0 Å². The Morgan fingerprint density at radius 1 is 1.73 bits per heavy atom. The number of allylic oxidation sites excluding steroid dienone is 1. The van der Waals surface area contributed by atoms with Crippen LogP contribution in [0.15, 0.2) is 24.3 Å². The minimum Gasteiger partial charge on any atom is -0.361 e. The third-order valence-electron chi connectivity index (χ3n) is 1.02. The highest BCUT2D eigenvalue weighted by atomic mass is 16.9. The monoisotopic (exact) mass is 156 g/mol. The van der Waals surface area contributed by atoms with Crippen molar-refractivity contribution in [2.75, 3.05) is 7.05 Å². The fourth-order valence-electron chi connectivity index (χ4n) is 0.526. The molecule has 0 aromatic rings. The van der Waals surface area contributed by atoms with E-state index in [0.717, 1.165) is 0 Å². The van der Waals surface area contributed by atoms with Gasteiger partial charge < -0.3 is 4.84 Å². The van der Waals surface area contributed by atoms with E-state index in [1.54, 1.807) is 13.0 Å². The summed E-state index contributed by atoms with van der Waals surface area (Å²) in [6.45, 7) is 5.23. The Morgan fingerprint density at radius 3 is 2.55 bits per heavy atom. The van der Waals surface area contributed by atoms with Gasteiger partial charge in [-0.15, -0.1) is 0 Å². The van der Waals surface area contributed by atoms with E-state index in [2.05, 4.69) is 11.4 Å². The third kappa shape index (κ3) is 3.54. The lowest BCUT2D eigenvalue weighted by Crippen LogP contribution is -2.19. The fourth-order valence-corrected chi connectivity index (χ4v) is 0.526. The molecule has 0 heterocycles. The molecule has 0 atom stereocenters. The summed E-state index contributed by atoms with van der Waals surface area (Å²) >= 11 is 0. The van der Waals surface area contributed by atoms with E-state index in [1.807, 2.05) is 0 Å². The Labute approximate surface area is 65.8 Å². The molecular formula is C7H12N2O2. The molecule has 0 unspecified atom stereocenters. The molecule has 0 rings (SSSR count). The summed E-state index contributed by atoms with van der Waals surface area (Å²) in [6.07, 6.45) is 3.14. The highest BCUT2D eigenvalue weighted by molar-refractivity contribution is 5.93. The van der Waals surface area contributed by atoms with Gasteiger partial charge in [0.2, 0.25) is 5.90 Å². The van der Waals surface area contributed by atoms with Gasteiger partial charge in [0.25, 0.3) is 0 Å². The zero-order chi connectivity index (χ0) is 8.85. The molecule has 11 heavy (non-hydrogen) atoms. The first-order valence-corrected chi connectivity index (χ1v) is 3.10. The third-order valence-corrected chi connectivity index (χ3v) is 1.02. The van der Waals surface area contributed by atoms with Gasteiger partial charge in [-0.05, 0) is 12.2 Å². The van der Waals surface area contributed by atoms with E-state index < -0.39 is 0 Å². The second-order valence-corrected chi connectivity index (χ2v) is 1.83. The highest BCUT2D eigenvalue weighted by Gasteiger charge is 2.03. The summed E-state index contributed by atoms with van der Waals surface area (Å²) in [6, 6.07) is 0. The number of hydrogen-bond acceptors (Lipinski definition) is 4. The van der Waals surface area contributed by atoms with Crippen LogP contribution in [0.5, 0.6) is 0 Å². The van der Waals surface area contributed by atoms with Crippen LogP contribution in [0, 0.1) is 5.41 Å². The van der Waals surface area contributed by atoms with Crippen LogP contribution < -0.4 is 0 Å². The maximum Gasteiger partial charge on any atom is 0.240 e. The van der Waals surface area contributed by atoms with E-state index in [-0.39, 0.29) is 5.90 Å².